The van der Waals surface area contributed by atoms with Crippen LogP contribution < -0.4 is 25.0 Å². The molecular weight excluding hydrogens is 399 g/mol. The minimum atomic E-state index is -0.261. The third-order valence-corrected chi connectivity index (χ3v) is 5.44. The van der Waals surface area contributed by atoms with Crippen molar-refractivity contribution in [2.45, 2.75) is 18.6 Å². The van der Waals surface area contributed by atoms with Crippen LogP contribution in [-0.2, 0) is 4.74 Å². The fourth-order valence-corrected chi connectivity index (χ4v) is 3.68. The number of hydrogen-bond acceptors (Lipinski definition) is 5. The van der Waals surface area contributed by atoms with Crippen molar-refractivity contribution < 1.29 is 18.6 Å². The van der Waals surface area contributed by atoms with Crippen molar-refractivity contribution in [3.05, 3.63) is 53.8 Å². The molecule has 3 rings (SSSR count). The molecule has 1 saturated heterocycles. The van der Waals surface area contributed by atoms with E-state index in [1.165, 1.54) is 12.1 Å². The maximum absolute atomic E-state index is 13.2. The Balaban J connectivity index is 1.56. The van der Waals surface area contributed by atoms with Gasteiger partial charge in [0, 0.05) is 63.7 Å². The molecule has 2 aromatic rings. The molecule has 2 atom stereocenters. The van der Waals surface area contributed by atoms with Crippen LogP contribution in [0.5, 0.6) is 11.5 Å². The summed E-state index contributed by atoms with van der Waals surface area (Å²) in [6.45, 7) is 2.27. The molecule has 8 heteroatoms. The van der Waals surface area contributed by atoms with Crippen molar-refractivity contribution in [1.29, 1.82) is 0 Å². The van der Waals surface area contributed by atoms with Gasteiger partial charge < -0.3 is 29.7 Å². The zero-order valence-electron chi connectivity index (χ0n) is 18.5. The SMILES string of the molecule is CN=C(NCC(OC)c1ccc(F)cc1)NC1CCN(c2cc(OC)cc(OC)c2)C1. The van der Waals surface area contributed by atoms with E-state index in [0.717, 1.165) is 42.3 Å². The number of methoxy groups -OCH3 is 3. The van der Waals surface area contributed by atoms with Crippen molar-refractivity contribution in [2.75, 3.05) is 52.9 Å². The Labute approximate surface area is 183 Å². The number of guanidine groups is 1. The summed E-state index contributed by atoms with van der Waals surface area (Å²) in [4.78, 5) is 6.64. The smallest absolute Gasteiger partial charge is 0.191 e. The number of benzene rings is 2. The molecule has 0 radical (unpaired) electrons. The van der Waals surface area contributed by atoms with Gasteiger partial charge in [0.05, 0.1) is 20.3 Å². The van der Waals surface area contributed by atoms with Crippen molar-refractivity contribution in [2.24, 2.45) is 4.99 Å². The number of nitrogens with one attached hydrogen (secondary N) is 2. The van der Waals surface area contributed by atoms with E-state index in [-0.39, 0.29) is 18.0 Å². The van der Waals surface area contributed by atoms with E-state index in [0.29, 0.717) is 12.5 Å². The molecule has 0 saturated carbocycles. The van der Waals surface area contributed by atoms with Crippen LogP contribution in [0.1, 0.15) is 18.1 Å². The maximum Gasteiger partial charge on any atom is 0.191 e. The maximum atomic E-state index is 13.2. The topological polar surface area (TPSA) is 67.4 Å². The predicted octanol–water partition coefficient (Wildman–Crippen LogP) is 2.97. The average Bonchev–Trinajstić information content (AvgIpc) is 3.27. The Morgan fingerprint density at radius 1 is 1.13 bits per heavy atom. The van der Waals surface area contributed by atoms with E-state index < -0.39 is 0 Å². The van der Waals surface area contributed by atoms with Gasteiger partial charge in [0.1, 0.15) is 17.3 Å². The quantitative estimate of drug-likeness (QED) is 0.496. The predicted molar refractivity (Wildman–Crippen MR) is 121 cm³/mol. The van der Waals surface area contributed by atoms with Crippen LogP contribution >= 0.6 is 0 Å². The van der Waals surface area contributed by atoms with Gasteiger partial charge in [0.15, 0.2) is 5.96 Å². The molecule has 168 valence electrons. The summed E-state index contributed by atoms with van der Waals surface area (Å²) in [5.41, 5.74) is 1.98. The van der Waals surface area contributed by atoms with E-state index >= 15 is 0 Å². The Hall–Kier alpha value is -3.00. The fraction of sp³-hybridized carbons (Fsp3) is 0.435. The Kier molecular flexibility index (Phi) is 7.94. The van der Waals surface area contributed by atoms with Crippen LogP contribution in [-0.4, -0.2) is 60.0 Å². The van der Waals surface area contributed by atoms with Crippen LogP contribution in [0.4, 0.5) is 10.1 Å². The highest BCUT2D eigenvalue weighted by molar-refractivity contribution is 5.80. The van der Waals surface area contributed by atoms with Crippen molar-refractivity contribution in [3.8, 4) is 11.5 Å². The molecule has 2 unspecified atom stereocenters. The molecule has 1 aliphatic heterocycles. The van der Waals surface area contributed by atoms with Gasteiger partial charge in [-0.2, -0.15) is 0 Å². The lowest BCUT2D eigenvalue weighted by Gasteiger charge is -2.22. The van der Waals surface area contributed by atoms with Crippen LogP contribution in [0.25, 0.3) is 0 Å². The number of ether oxygens (including phenoxy) is 3. The van der Waals surface area contributed by atoms with E-state index in [2.05, 4.69) is 20.5 Å². The lowest BCUT2D eigenvalue weighted by atomic mass is 10.1. The van der Waals surface area contributed by atoms with Crippen molar-refractivity contribution in [1.82, 2.24) is 10.6 Å². The monoisotopic (exact) mass is 430 g/mol. The second kappa shape index (κ2) is 10.9. The van der Waals surface area contributed by atoms with Gasteiger partial charge in [-0.1, -0.05) is 12.1 Å². The zero-order chi connectivity index (χ0) is 22.2. The summed E-state index contributed by atoms with van der Waals surface area (Å²) in [6, 6.07) is 12.5. The van der Waals surface area contributed by atoms with Gasteiger partial charge in [0.25, 0.3) is 0 Å². The minimum absolute atomic E-state index is 0.205. The number of nitrogens with zero attached hydrogens (tertiary/aromatic N) is 2. The third-order valence-electron chi connectivity index (χ3n) is 5.44. The van der Waals surface area contributed by atoms with Crippen LogP contribution in [0, 0.1) is 5.82 Å². The molecule has 0 spiro atoms. The highest BCUT2D eigenvalue weighted by Crippen LogP contribution is 2.30. The second-order valence-corrected chi connectivity index (χ2v) is 7.38. The average molecular weight is 431 g/mol. The van der Waals surface area contributed by atoms with Gasteiger partial charge in [-0.15, -0.1) is 0 Å². The molecule has 7 nitrogen and oxygen atoms in total. The van der Waals surface area contributed by atoms with Gasteiger partial charge in [-0.25, -0.2) is 4.39 Å². The highest BCUT2D eigenvalue weighted by atomic mass is 19.1. The molecule has 0 amide bonds. The highest BCUT2D eigenvalue weighted by Gasteiger charge is 2.24. The molecule has 1 aliphatic rings. The van der Waals surface area contributed by atoms with E-state index in [1.807, 2.05) is 18.2 Å². The molecule has 2 N–H and O–H groups in total. The lowest BCUT2D eigenvalue weighted by Crippen LogP contribution is -2.45. The van der Waals surface area contributed by atoms with Crippen molar-refractivity contribution >= 4 is 11.6 Å². The first-order valence-corrected chi connectivity index (χ1v) is 10.3. The normalized spacial score (nSPS) is 17.4. The van der Waals surface area contributed by atoms with Gasteiger partial charge in [-0.3, -0.25) is 4.99 Å². The first-order chi connectivity index (χ1) is 15.1. The summed E-state index contributed by atoms with van der Waals surface area (Å²) in [5.74, 6) is 1.99. The first-order valence-electron chi connectivity index (χ1n) is 10.3. The summed E-state index contributed by atoms with van der Waals surface area (Å²) in [6.07, 6.45) is 0.773. The molecule has 0 bridgehead atoms. The fourth-order valence-electron chi connectivity index (χ4n) is 3.68. The lowest BCUT2D eigenvalue weighted by molar-refractivity contribution is 0.106. The van der Waals surface area contributed by atoms with Crippen LogP contribution in [0.2, 0.25) is 0 Å². The minimum Gasteiger partial charge on any atom is -0.497 e. The Bertz CT molecular complexity index is 853. The number of anilines is 1. The van der Waals surface area contributed by atoms with E-state index in [9.17, 15) is 4.39 Å². The Morgan fingerprint density at radius 3 is 2.39 bits per heavy atom. The second-order valence-electron chi connectivity index (χ2n) is 7.38. The third kappa shape index (κ3) is 6.01. The van der Waals surface area contributed by atoms with Crippen LogP contribution in [0.15, 0.2) is 47.5 Å². The summed E-state index contributed by atoms with van der Waals surface area (Å²) in [7, 11) is 6.70. The summed E-state index contributed by atoms with van der Waals surface area (Å²) < 4.78 is 29.5. The van der Waals surface area contributed by atoms with Gasteiger partial charge >= 0.3 is 0 Å². The number of halogens is 1. The largest absolute Gasteiger partial charge is 0.497 e. The number of rotatable bonds is 8. The molecule has 1 heterocycles. The molecule has 0 aromatic heterocycles. The van der Waals surface area contributed by atoms with Gasteiger partial charge in [0.2, 0.25) is 0 Å². The van der Waals surface area contributed by atoms with Crippen molar-refractivity contribution in [3.63, 3.8) is 0 Å². The number of aliphatic imine (C=N–C) groups is 1. The molecule has 0 aliphatic carbocycles. The summed E-state index contributed by atoms with van der Waals surface area (Å²) in [5, 5.41) is 6.79. The molecule has 31 heavy (non-hydrogen) atoms. The van der Waals surface area contributed by atoms with E-state index in [1.54, 1.807) is 40.5 Å². The number of hydrogen-bond donors (Lipinski definition) is 2. The molecular formula is C23H31FN4O3. The zero-order valence-corrected chi connectivity index (χ0v) is 18.5. The van der Waals surface area contributed by atoms with E-state index in [4.69, 9.17) is 14.2 Å². The first kappa shape index (κ1) is 22.7. The standard InChI is InChI=1S/C23H31FN4O3/c1-25-23(26-14-22(31-4)16-5-7-17(24)8-6-16)27-18-9-10-28(15-18)19-11-20(29-2)13-21(12-19)30-3/h5-8,11-13,18,22H,9-10,14-15H2,1-4H3,(H2,25,26,27). The molecule has 2 aromatic carbocycles. The van der Waals surface area contributed by atoms with Crippen LogP contribution in [0.3, 0.4) is 0 Å². The van der Waals surface area contributed by atoms with Gasteiger partial charge in [-0.05, 0) is 24.1 Å². The summed E-state index contributed by atoms with van der Waals surface area (Å²) >= 11 is 0. The Morgan fingerprint density at radius 2 is 1.81 bits per heavy atom. The molecule has 1 fully saturated rings.